The quantitative estimate of drug-likeness (QED) is 0.783. The molecule has 4 nitrogen and oxygen atoms in total. The van der Waals surface area contributed by atoms with Crippen LogP contribution in [0.3, 0.4) is 0 Å². The Balaban J connectivity index is 2.36. The highest BCUT2D eigenvalue weighted by Crippen LogP contribution is 2.08. The van der Waals surface area contributed by atoms with E-state index in [9.17, 15) is 0 Å². The van der Waals surface area contributed by atoms with E-state index in [4.69, 9.17) is 0 Å². The van der Waals surface area contributed by atoms with Crippen molar-refractivity contribution < 1.29 is 0 Å². The fourth-order valence-corrected chi connectivity index (χ4v) is 2.24. The van der Waals surface area contributed by atoms with Gasteiger partial charge in [-0.25, -0.2) is 9.97 Å². The Hall–Kier alpha value is -1.16. The summed E-state index contributed by atoms with van der Waals surface area (Å²) in [6, 6.07) is 2.41. The van der Waals surface area contributed by atoms with Gasteiger partial charge in [0.2, 0.25) is 5.95 Å². The molecular weight excluding hydrogens is 236 g/mol. The third-order valence-corrected chi connectivity index (χ3v) is 3.36. The monoisotopic (exact) mass is 264 g/mol. The van der Waals surface area contributed by atoms with Gasteiger partial charge in [0.05, 0.1) is 0 Å². The molecule has 1 aromatic rings. The molecule has 0 amide bonds. The van der Waals surface area contributed by atoms with Gasteiger partial charge in [-0.2, -0.15) is 0 Å². The second-order valence-electron chi connectivity index (χ2n) is 5.19. The van der Waals surface area contributed by atoms with Gasteiger partial charge in [-0.1, -0.05) is 13.8 Å². The molecule has 0 aromatic carbocycles. The van der Waals surface area contributed by atoms with E-state index < -0.39 is 0 Å². The standard InChI is InChI=1S/C15H28N4/c1-6-19(7-2)10-8-9-12(3)16-15-17-13(4)11-14(5)18-15/h11-12H,6-10H2,1-5H3,(H,16,17,18). The summed E-state index contributed by atoms with van der Waals surface area (Å²) in [6.07, 6.45) is 2.35. The lowest BCUT2D eigenvalue weighted by Crippen LogP contribution is -2.26. The summed E-state index contributed by atoms with van der Waals surface area (Å²) in [5, 5.41) is 3.39. The van der Waals surface area contributed by atoms with E-state index in [-0.39, 0.29) is 0 Å². The molecule has 0 aliphatic carbocycles. The van der Waals surface area contributed by atoms with E-state index in [1.807, 2.05) is 19.9 Å². The van der Waals surface area contributed by atoms with Gasteiger partial charge in [0.25, 0.3) is 0 Å². The van der Waals surface area contributed by atoms with E-state index >= 15 is 0 Å². The molecule has 1 aromatic heterocycles. The molecule has 0 radical (unpaired) electrons. The zero-order valence-electron chi connectivity index (χ0n) is 13.0. The van der Waals surface area contributed by atoms with E-state index in [0.717, 1.165) is 36.8 Å². The van der Waals surface area contributed by atoms with Crippen molar-refractivity contribution in [3.8, 4) is 0 Å². The van der Waals surface area contributed by atoms with Gasteiger partial charge in [-0.15, -0.1) is 0 Å². The normalized spacial score (nSPS) is 12.7. The minimum absolute atomic E-state index is 0.414. The molecule has 1 heterocycles. The SMILES string of the molecule is CCN(CC)CCCC(C)Nc1nc(C)cc(C)n1. The summed E-state index contributed by atoms with van der Waals surface area (Å²) < 4.78 is 0. The van der Waals surface area contributed by atoms with Crippen LogP contribution < -0.4 is 5.32 Å². The van der Waals surface area contributed by atoms with Crippen molar-refractivity contribution in [2.24, 2.45) is 0 Å². The Morgan fingerprint density at radius 3 is 2.26 bits per heavy atom. The second kappa shape index (κ2) is 8.10. The van der Waals surface area contributed by atoms with Crippen LogP contribution in [0.25, 0.3) is 0 Å². The third-order valence-electron chi connectivity index (χ3n) is 3.36. The van der Waals surface area contributed by atoms with Crippen LogP contribution in [0.15, 0.2) is 6.07 Å². The van der Waals surface area contributed by atoms with E-state index in [0.29, 0.717) is 6.04 Å². The van der Waals surface area contributed by atoms with Gasteiger partial charge in [-0.3, -0.25) is 0 Å². The molecule has 19 heavy (non-hydrogen) atoms. The Kier molecular flexibility index (Phi) is 6.78. The Labute approximate surface area is 117 Å². The van der Waals surface area contributed by atoms with Crippen LogP contribution in [-0.2, 0) is 0 Å². The van der Waals surface area contributed by atoms with Gasteiger partial charge in [0, 0.05) is 17.4 Å². The summed E-state index contributed by atoms with van der Waals surface area (Å²) in [5.74, 6) is 0.757. The summed E-state index contributed by atoms with van der Waals surface area (Å²) in [7, 11) is 0. The Morgan fingerprint density at radius 2 is 1.74 bits per heavy atom. The maximum atomic E-state index is 4.42. The molecular formula is C15H28N4. The number of anilines is 1. The average Bonchev–Trinajstić information content (AvgIpc) is 2.33. The van der Waals surface area contributed by atoms with Gasteiger partial charge >= 0.3 is 0 Å². The first-order valence-corrected chi connectivity index (χ1v) is 7.36. The number of nitrogens with zero attached hydrogens (tertiary/aromatic N) is 3. The van der Waals surface area contributed by atoms with Crippen LogP contribution in [0.2, 0.25) is 0 Å². The van der Waals surface area contributed by atoms with E-state index in [1.54, 1.807) is 0 Å². The predicted octanol–water partition coefficient (Wildman–Crippen LogP) is 3.02. The molecule has 1 unspecified atom stereocenters. The van der Waals surface area contributed by atoms with Crippen molar-refractivity contribution >= 4 is 5.95 Å². The van der Waals surface area contributed by atoms with Crippen molar-refractivity contribution in [3.63, 3.8) is 0 Å². The van der Waals surface area contributed by atoms with Crippen molar-refractivity contribution in [1.29, 1.82) is 0 Å². The number of rotatable bonds is 8. The molecule has 4 heteroatoms. The van der Waals surface area contributed by atoms with Gasteiger partial charge in [0.1, 0.15) is 0 Å². The Morgan fingerprint density at radius 1 is 1.16 bits per heavy atom. The summed E-state index contributed by atoms with van der Waals surface area (Å²) in [4.78, 5) is 11.3. The Bertz CT molecular complexity index is 354. The van der Waals surface area contributed by atoms with Gasteiger partial charge in [-0.05, 0) is 59.3 Å². The highest BCUT2D eigenvalue weighted by Gasteiger charge is 2.06. The van der Waals surface area contributed by atoms with E-state index in [1.165, 1.54) is 13.0 Å². The molecule has 1 atom stereocenters. The number of hydrogen-bond donors (Lipinski definition) is 1. The van der Waals surface area contributed by atoms with Gasteiger partial charge in [0.15, 0.2) is 0 Å². The minimum atomic E-state index is 0.414. The van der Waals surface area contributed by atoms with Crippen molar-refractivity contribution in [1.82, 2.24) is 14.9 Å². The van der Waals surface area contributed by atoms with Crippen molar-refractivity contribution in [3.05, 3.63) is 17.5 Å². The molecule has 0 fully saturated rings. The summed E-state index contributed by atoms with van der Waals surface area (Å²) in [5.41, 5.74) is 2.04. The predicted molar refractivity (Wildman–Crippen MR) is 81.6 cm³/mol. The fourth-order valence-electron chi connectivity index (χ4n) is 2.24. The van der Waals surface area contributed by atoms with Crippen molar-refractivity contribution in [2.45, 2.75) is 53.5 Å². The molecule has 1 rings (SSSR count). The third kappa shape index (κ3) is 6.01. The van der Waals surface area contributed by atoms with Crippen LogP contribution in [0, 0.1) is 13.8 Å². The van der Waals surface area contributed by atoms with Crippen LogP contribution in [0.5, 0.6) is 0 Å². The molecule has 108 valence electrons. The highest BCUT2D eigenvalue weighted by molar-refractivity contribution is 5.28. The van der Waals surface area contributed by atoms with Crippen LogP contribution in [0.1, 0.15) is 45.0 Å². The molecule has 0 aliphatic heterocycles. The lowest BCUT2D eigenvalue weighted by Gasteiger charge is -2.19. The lowest BCUT2D eigenvalue weighted by atomic mass is 10.2. The lowest BCUT2D eigenvalue weighted by molar-refractivity contribution is 0.295. The largest absolute Gasteiger partial charge is 0.352 e. The average molecular weight is 264 g/mol. The second-order valence-corrected chi connectivity index (χ2v) is 5.19. The van der Waals surface area contributed by atoms with E-state index in [2.05, 4.69) is 41.0 Å². The number of aromatic nitrogens is 2. The molecule has 1 N–H and O–H groups in total. The number of aryl methyl sites for hydroxylation is 2. The summed E-state index contributed by atoms with van der Waals surface area (Å²) >= 11 is 0. The maximum absolute atomic E-state index is 4.42. The minimum Gasteiger partial charge on any atom is -0.352 e. The zero-order chi connectivity index (χ0) is 14.3. The molecule has 0 saturated carbocycles. The first kappa shape index (κ1) is 15.9. The fraction of sp³-hybridized carbons (Fsp3) is 0.733. The maximum Gasteiger partial charge on any atom is 0.223 e. The van der Waals surface area contributed by atoms with Gasteiger partial charge < -0.3 is 10.2 Å². The van der Waals surface area contributed by atoms with Crippen LogP contribution in [0.4, 0.5) is 5.95 Å². The molecule has 0 spiro atoms. The summed E-state index contributed by atoms with van der Waals surface area (Å²) in [6.45, 7) is 14.1. The van der Waals surface area contributed by atoms with Crippen molar-refractivity contribution in [2.75, 3.05) is 25.0 Å². The van der Waals surface area contributed by atoms with Crippen LogP contribution in [-0.4, -0.2) is 40.5 Å². The molecule has 0 bridgehead atoms. The molecule has 0 aliphatic rings. The number of hydrogen-bond acceptors (Lipinski definition) is 4. The number of nitrogens with one attached hydrogen (secondary N) is 1. The molecule has 0 saturated heterocycles. The van der Waals surface area contributed by atoms with Crippen LogP contribution >= 0.6 is 0 Å². The zero-order valence-corrected chi connectivity index (χ0v) is 13.0. The first-order chi connectivity index (χ1) is 9.05. The first-order valence-electron chi connectivity index (χ1n) is 7.36. The smallest absolute Gasteiger partial charge is 0.223 e. The highest BCUT2D eigenvalue weighted by atomic mass is 15.1. The topological polar surface area (TPSA) is 41.0 Å².